The number of sulfonamides is 1. The number of carbonyl (C=O) groups excluding carboxylic acids is 1. The molecule has 1 unspecified atom stereocenters. The molecule has 1 rings (SSSR count). The molecule has 2 N–H and O–H groups in total. The van der Waals surface area contributed by atoms with Gasteiger partial charge < -0.3 is 10.2 Å². The Labute approximate surface area is 113 Å². The van der Waals surface area contributed by atoms with Crippen molar-refractivity contribution in [1.82, 2.24) is 4.31 Å². The highest BCUT2D eigenvalue weighted by Gasteiger charge is 2.47. The first kappa shape index (κ1) is 16.5. The molecule has 0 saturated carbocycles. The van der Waals surface area contributed by atoms with E-state index in [9.17, 15) is 26.4 Å². The fourth-order valence-corrected chi connectivity index (χ4v) is 2.79. The molecule has 20 heavy (non-hydrogen) atoms. The van der Waals surface area contributed by atoms with Crippen molar-refractivity contribution in [3.05, 3.63) is 17.9 Å². The van der Waals surface area contributed by atoms with Crippen LogP contribution in [0.4, 0.5) is 13.2 Å². The highest BCUT2D eigenvalue weighted by atomic mass is 32.2. The van der Waals surface area contributed by atoms with Gasteiger partial charge in [0.15, 0.2) is 0 Å². The van der Waals surface area contributed by atoms with Crippen molar-refractivity contribution in [2.45, 2.75) is 30.7 Å². The lowest BCUT2D eigenvalue weighted by Crippen LogP contribution is -2.48. The monoisotopic (exact) mass is 314 g/mol. The number of carbonyl (C=O) groups is 1. The standard InChI is InChI=1S/C10H13F3N2O4S/c1-6-3-4-9(19-6)20(17,18)15(2)7(5-8(14)16)10(11,12)13/h3-4,7H,5H2,1-2H3,(H2,14,16). The van der Waals surface area contributed by atoms with Crippen LogP contribution in [0.5, 0.6) is 0 Å². The van der Waals surface area contributed by atoms with Crippen LogP contribution in [0.2, 0.25) is 0 Å². The Kier molecular flexibility index (Phi) is 4.49. The number of hydrogen-bond acceptors (Lipinski definition) is 4. The molecule has 6 nitrogen and oxygen atoms in total. The lowest BCUT2D eigenvalue weighted by molar-refractivity contribution is -0.173. The number of primary amides is 1. The van der Waals surface area contributed by atoms with Crippen molar-refractivity contribution in [3.8, 4) is 0 Å². The van der Waals surface area contributed by atoms with Crippen LogP contribution < -0.4 is 5.73 Å². The summed E-state index contributed by atoms with van der Waals surface area (Å²) >= 11 is 0. The van der Waals surface area contributed by atoms with E-state index in [0.29, 0.717) is 7.05 Å². The summed E-state index contributed by atoms with van der Waals surface area (Å²) in [5, 5.41) is -0.628. The van der Waals surface area contributed by atoms with E-state index in [4.69, 9.17) is 10.2 Å². The second kappa shape index (κ2) is 5.44. The van der Waals surface area contributed by atoms with Gasteiger partial charge in [-0.15, -0.1) is 0 Å². The minimum Gasteiger partial charge on any atom is -0.449 e. The number of alkyl halides is 3. The van der Waals surface area contributed by atoms with Gasteiger partial charge in [-0.3, -0.25) is 4.79 Å². The molecular formula is C10H13F3N2O4S. The first-order valence-corrected chi connectivity index (χ1v) is 6.79. The van der Waals surface area contributed by atoms with Gasteiger partial charge in [0, 0.05) is 7.05 Å². The second-order valence-corrected chi connectivity index (χ2v) is 6.04. The van der Waals surface area contributed by atoms with Gasteiger partial charge in [0.2, 0.25) is 11.0 Å². The minimum atomic E-state index is -4.93. The normalized spacial score (nSPS) is 14.5. The molecule has 0 bridgehead atoms. The predicted molar refractivity (Wildman–Crippen MR) is 62.0 cm³/mol. The molecule has 1 heterocycles. The Morgan fingerprint density at radius 2 is 2.00 bits per heavy atom. The topological polar surface area (TPSA) is 93.6 Å². The maximum Gasteiger partial charge on any atom is 0.405 e. The first-order valence-electron chi connectivity index (χ1n) is 5.35. The summed E-state index contributed by atoms with van der Waals surface area (Å²) in [6.07, 6.45) is -6.10. The molecule has 0 radical (unpaired) electrons. The molecular weight excluding hydrogens is 301 g/mol. The second-order valence-electron chi connectivity index (χ2n) is 4.11. The van der Waals surface area contributed by atoms with Gasteiger partial charge in [-0.1, -0.05) is 0 Å². The summed E-state index contributed by atoms with van der Waals surface area (Å²) in [6.45, 7) is 1.45. The van der Waals surface area contributed by atoms with Gasteiger partial charge in [0.25, 0.3) is 10.0 Å². The zero-order valence-corrected chi connectivity index (χ0v) is 11.5. The maximum atomic E-state index is 12.8. The van der Waals surface area contributed by atoms with Gasteiger partial charge >= 0.3 is 6.18 Å². The van der Waals surface area contributed by atoms with E-state index in [-0.39, 0.29) is 10.1 Å². The quantitative estimate of drug-likeness (QED) is 0.878. The molecule has 0 aromatic carbocycles. The number of halogens is 3. The van der Waals surface area contributed by atoms with Crippen LogP contribution in [0.15, 0.2) is 21.6 Å². The Morgan fingerprint density at radius 3 is 2.35 bits per heavy atom. The maximum absolute atomic E-state index is 12.8. The number of amides is 1. The molecule has 0 aliphatic rings. The summed E-state index contributed by atoms with van der Waals surface area (Å²) in [5.74, 6) is -1.03. The zero-order valence-electron chi connectivity index (χ0n) is 10.6. The van der Waals surface area contributed by atoms with Crippen LogP contribution in [0.25, 0.3) is 0 Å². The number of aryl methyl sites for hydroxylation is 1. The third-order valence-corrected chi connectivity index (χ3v) is 4.30. The third kappa shape index (κ3) is 3.51. The summed E-state index contributed by atoms with van der Waals surface area (Å²) < 4.78 is 67.4. The van der Waals surface area contributed by atoms with Crippen molar-refractivity contribution >= 4 is 15.9 Å². The Bertz CT molecular complexity index is 594. The van der Waals surface area contributed by atoms with E-state index < -0.39 is 39.7 Å². The van der Waals surface area contributed by atoms with E-state index >= 15 is 0 Å². The number of hydrogen-bond donors (Lipinski definition) is 1. The van der Waals surface area contributed by atoms with Crippen LogP contribution in [0.1, 0.15) is 12.2 Å². The van der Waals surface area contributed by atoms with E-state index in [1.807, 2.05) is 0 Å². The molecule has 1 amide bonds. The van der Waals surface area contributed by atoms with Crippen molar-refractivity contribution in [2.75, 3.05) is 7.05 Å². The SMILES string of the molecule is Cc1ccc(S(=O)(=O)N(C)C(CC(N)=O)C(F)(F)F)o1. The Hall–Kier alpha value is -1.55. The molecule has 0 aliphatic heterocycles. The van der Waals surface area contributed by atoms with Gasteiger partial charge in [-0.05, 0) is 19.1 Å². The van der Waals surface area contributed by atoms with Crippen molar-refractivity contribution in [2.24, 2.45) is 5.73 Å². The first-order chi connectivity index (χ1) is 8.96. The molecule has 0 saturated heterocycles. The molecule has 1 aromatic heterocycles. The van der Waals surface area contributed by atoms with Gasteiger partial charge in [-0.2, -0.15) is 17.5 Å². The molecule has 114 valence electrons. The van der Waals surface area contributed by atoms with E-state index in [2.05, 4.69) is 0 Å². The average Bonchev–Trinajstić information content (AvgIpc) is 2.70. The summed E-state index contributed by atoms with van der Waals surface area (Å²) in [6, 6.07) is -0.202. The van der Waals surface area contributed by atoms with Gasteiger partial charge in [0.05, 0.1) is 6.42 Å². The fourth-order valence-electron chi connectivity index (χ4n) is 1.50. The van der Waals surface area contributed by atoms with Crippen LogP contribution in [0.3, 0.4) is 0 Å². The third-order valence-electron chi connectivity index (χ3n) is 2.56. The summed E-state index contributed by atoms with van der Waals surface area (Å²) in [5.41, 5.74) is 4.73. The number of furan rings is 1. The molecule has 1 atom stereocenters. The molecule has 0 aliphatic carbocycles. The lowest BCUT2D eigenvalue weighted by atomic mass is 10.2. The zero-order chi connectivity index (χ0) is 15.7. The number of nitrogens with two attached hydrogens (primary N) is 1. The molecule has 10 heteroatoms. The Balaban J connectivity index is 3.18. The lowest BCUT2D eigenvalue weighted by Gasteiger charge is -2.27. The fraction of sp³-hybridized carbons (Fsp3) is 0.500. The van der Waals surface area contributed by atoms with Crippen molar-refractivity contribution in [3.63, 3.8) is 0 Å². The predicted octanol–water partition coefficient (Wildman–Crippen LogP) is 1.01. The average molecular weight is 314 g/mol. The molecule has 0 fully saturated rings. The number of nitrogens with zero attached hydrogens (tertiary/aromatic N) is 1. The Morgan fingerprint density at radius 1 is 1.45 bits per heavy atom. The highest BCUT2D eigenvalue weighted by molar-refractivity contribution is 7.89. The van der Waals surface area contributed by atoms with E-state index in [1.165, 1.54) is 13.0 Å². The van der Waals surface area contributed by atoms with Crippen LogP contribution in [-0.4, -0.2) is 37.9 Å². The van der Waals surface area contributed by atoms with Crippen LogP contribution in [-0.2, 0) is 14.8 Å². The molecule has 1 aromatic rings. The van der Waals surface area contributed by atoms with Crippen molar-refractivity contribution < 1.29 is 30.8 Å². The van der Waals surface area contributed by atoms with E-state index in [1.54, 1.807) is 0 Å². The van der Waals surface area contributed by atoms with Crippen molar-refractivity contribution in [1.29, 1.82) is 0 Å². The molecule has 0 spiro atoms. The van der Waals surface area contributed by atoms with Gasteiger partial charge in [-0.25, -0.2) is 8.42 Å². The smallest absolute Gasteiger partial charge is 0.405 e. The largest absolute Gasteiger partial charge is 0.449 e. The van der Waals surface area contributed by atoms with Gasteiger partial charge in [0.1, 0.15) is 11.8 Å². The summed E-state index contributed by atoms with van der Waals surface area (Å²) in [7, 11) is -3.79. The number of rotatable bonds is 5. The highest BCUT2D eigenvalue weighted by Crippen LogP contribution is 2.30. The summed E-state index contributed by atoms with van der Waals surface area (Å²) in [4.78, 5) is 10.7. The minimum absolute atomic E-state index is 0.0377. The van der Waals surface area contributed by atoms with E-state index in [0.717, 1.165) is 6.07 Å². The van der Waals surface area contributed by atoms with Crippen LogP contribution in [0, 0.1) is 6.92 Å². The van der Waals surface area contributed by atoms with Crippen LogP contribution >= 0.6 is 0 Å².